The molecule has 2 amide bonds. The van der Waals surface area contributed by atoms with Crippen molar-refractivity contribution in [3.63, 3.8) is 0 Å². The number of carbonyl (C=O) groups is 1. The number of urea groups is 1. The predicted molar refractivity (Wildman–Crippen MR) is 56.9 cm³/mol. The largest absolute Gasteiger partial charge is 0.416 e. The Bertz CT molecular complexity index is 457. The van der Waals surface area contributed by atoms with Crippen LogP contribution in [0.3, 0.4) is 0 Å². The van der Waals surface area contributed by atoms with Crippen molar-refractivity contribution in [2.45, 2.75) is 13.1 Å². The van der Waals surface area contributed by atoms with Crippen molar-refractivity contribution in [2.24, 2.45) is 0 Å². The second-order valence-corrected chi connectivity index (χ2v) is 3.88. The number of nitrogens with one attached hydrogen (secondary N) is 1. The lowest BCUT2D eigenvalue weighted by molar-refractivity contribution is -0.137. The minimum absolute atomic E-state index is 0.315. The Morgan fingerprint density at radius 1 is 1.35 bits per heavy atom. The minimum Gasteiger partial charge on any atom is -0.336 e. The fourth-order valence-electron chi connectivity index (χ4n) is 1.78. The Labute approximate surface area is 96.2 Å². The third-order valence-electron chi connectivity index (χ3n) is 2.68. The second-order valence-electron chi connectivity index (χ2n) is 3.88. The molecule has 0 bridgehead atoms. The van der Waals surface area contributed by atoms with E-state index in [1.54, 1.807) is 6.92 Å². The Kier molecular flexibility index (Phi) is 2.73. The van der Waals surface area contributed by atoms with E-state index in [0.717, 1.165) is 12.1 Å². The van der Waals surface area contributed by atoms with Gasteiger partial charge in [0.15, 0.2) is 0 Å². The summed E-state index contributed by atoms with van der Waals surface area (Å²) in [6.45, 7) is 2.52. The van der Waals surface area contributed by atoms with E-state index in [9.17, 15) is 18.0 Å². The average Bonchev–Trinajstić information content (AvgIpc) is 2.63. The van der Waals surface area contributed by atoms with Crippen LogP contribution in [0.1, 0.15) is 11.1 Å². The lowest BCUT2D eigenvalue weighted by Gasteiger charge is -2.18. The van der Waals surface area contributed by atoms with Crippen molar-refractivity contribution < 1.29 is 18.0 Å². The number of halogens is 3. The fraction of sp³-hybridized carbons (Fsp3) is 0.364. The van der Waals surface area contributed by atoms with Crippen LogP contribution in [0, 0.1) is 6.92 Å². The molecule has 17 heavy (non-hydrogen) atoms. The molecule has 0 aromatic heterocycles. The van der Waals surface area contributed by atoms with Crippen LogP contribution in [-0.4, -0.2) is 19.1 Å². The van der Waals surface area contributed by atoms with Crippen molar-refractivity contribution in [3.8, 4) is 0 Å². The second kappa shape index (κ2) is 3.94. The summed E-state index contributed by atoms with van der Waals surface area (Å²) in [5.41, 5.74) is 0.225. The van der Waals surface area contributed by atoms with Crippen LogP contribution in [0.5, 0.6) is 0 Å². The van der Waals surface area contributed by atoms with Crippen LogP contribution >= 0.6 is 0 Å². The van der Waals surface area contributed by atoms with Crippen molar-refractivity contribution in [3.05, 3.63) is 29.3 Å². The molecule has 0 atom stereocenters. The smallest absolute Gasteiger partial charge is 0.336 e. The molecule has 1 aromatic rings. The molecule has 0 spiro atoms. The first-order chi connectivity index (χ1) is 7.89. The molecule has 92 valence electrons. The van der Waals surface area contributed by atoms with Gasteiger partial charge in [-0.2, -0.15) is 13.2 Å². The Balaban J connectivity index is 2.42. The van der Waals surface area contributed by atoms with E-state index in [4.69, 9.17) is 0 Å². The molecule has 1 heterocycles. The van der Waals surface area contributed by atoms with E-state index < -0.39 is 11.7 Å². The zero-order valence-corrected chi connectivity index (χ0v) is 9.14. The topological polar surface area (TPSA) is 32.3 Å². The van der Waals surface area contributed by atoms with E-state index in [1.807, 2.05) is 0 Å². The van der Waals surface area contributed by atoms with Crippen LogP contribution < -0.4 is 10.2 Å². The van der Waals surface area contributed by atoms with Crippen molar-refractivity contribution in [1.29, 1.82) is 0 Å². The molecule has 6 heteroatoms. The van der Waals surface area contributed by atoms with Gasteiger partial charge in [0, 0.05) is 18.8 Å². The number of hydrogen-bond acceptors (Lipinski definition) is 1. The van der Waals surface area contributed by atoms with Gasteiger partial charge in [0.05, 0.1) is 5.56 Å². The first-order valence-corrected chi connectivity index (χ1v) is 5.13. The van der Waals surface area contributed by atoms with Crippen molar-refractivity contribution in [2.75, 3.05) is 18.0 Å². The third kappa shape index (κ3) is 2.20. The highest BCUT2D eigenvalue weighted by Gasteiger charge is 2.32. The summed E-state index contributed by atoms with van der Waals surface area (Å²) >= 11 is 0. The van der Waals surface area contributed by atoms with Crippen LogP contribution in [0.4, 0.5) is 23.7 Å². The van der Waals surface area contributed by atoms with E-state index in [1.165, 1.54) is 11.0 Å². The van der Waals surface area contributed by atoms with Gasteiger partial charge in [0.25, 0.3) is 0 Å². The Hall–Kier alpha value is -1.72. The molecule has 0 unspecified atom stereocenters. The average molecular weight is 244 g/mol. The van der Waals surface area contributed by atoms with Gasteiger partial charge < -0.3 is 5.32 Å². The molecular weight excluding hydrogens is 233 g/mol. The molecule has 1 saturated heterocycles. The van der Waals surface area contributed by atoms with Crippen molar-refractivity contribution in [1.82, 2.24) is 5.32 Å². The molecular formula is C11H11F3N2O. The van der Waals surface area contributed by atoms with Gasteiger partial charge in [0.1, 0.15) is 0 Å². The zero-order chi connectivity index (χ0) is 12.6. The first kappa shape index (κ1) is 11.8. The highest BCUT2D eigenvalue weighted by atomic mass is 19.4. The highest BCUT2D eigenvalue weighted by molar-refractivity contribution is 5.94. The summed E-state index contributed by atoms with van der Waals surface area (Å²) in [7, 11) is 0. The van der Waals surface area contributed by atoms with E-state index in [0.29, 0.717) is 24.3 Å². The van der Waals surface area contributed by atoms with Gasteiger partial charge in [-0.05, 0) is 24.6 Å². The molecule has 1 aliphatic rings. The summed E-state index contributed by atoms with van der Waals surface area (Å²) in [5, 5.41) is 2.56. The molecule has 3 nitrogen and oxygen atoms in total. The number of aryl methyl sites for hydroxylation is 1. The molecule has 0 saturated carbocycles. The van der Waals surface area contributed by atoms with Crippen LogP contribution in [-0.2, 0) is 6.18 Å². The number of alkyl halides is 3. The first-order valence-electron chi connectivity index (χ1n) is 5.13. The van der Waals surface area contributed by atoms with Crippen molar-refractivity contribution >= 4 is 11.7 Å². The summed E-state index contributed by atoms with van der Waals surface area (Å²) in [5.74, 6) is 0. The zero-order valence-electron chi connectivity index (χ0n) is 9.14. The predicted octanol–water partition coefficient (Wildman–Crippen LogP) is 2.54. The van der Waals surface area contributed by atoms with E-state index >= 15 is 0 Å². The molecule has 0 aliphatic carbocycles. The summed E-state index contributed by atoms with van der Waals surface area (Å²) in [6.07, 6.45) is -4.39. The van der Waals surface area contributed by atoms with Gasteiger partial charge in [-0.1, -0.05) is 6.07 Å². The number of nitrogens with zero attached hydrogens (tertiary/aromatic N) is 1. The highest BCUT2D eigenvalue weighted by Crippen LogP contribution is 2.33. The van der Waals surface area contributed by atoms with E-state index in [2.05, 4.69) is 5.32 Å². The molecule has 1 aliphatic heterocycles. The molecule has 1 fully saturated rings. The Morgan fingerprint density at radius 3 is 2.59 bits per heavy atom. The Morgan fingerprint density at radius 2 is 2.06 bits per heavy atom. The summed E-state index contributed by atoms with van der Waals surface area (Å²) in [6, 6.07) is 3.06. The van der Waals surface area contributed by atoms with Gasteiger partial charge >= 0.3 is 12.2 Å². The van der Waals surface area contributed by atoms with Gasteiger partial charge in [-0.25, -0.2) is 4.79 Å². The SMILES string of the molecule is Cc1ccc(C(F)(F)F)cc1N1CCNC1=O. The summed E-state index contributed by atoms with van der Waals surface area (Å²) < 4.78 is 37.7. The van der Waals surface area contributed by atoms with Crippen LogP contribution in [0.2, 0.25) is 0 Å². The number of amides is 2. The normalized spacial score (nSPS) is 16.2. The van der Waals surface area contributed by atoms with Gasteiger partial charge in [0.2, 0.25) is 0 Å². The van der Waals surface area contributed by atoms with Gasteiger partial charge in [-0.15, -0.1) is 0 Å². The number of anilines is 1. The number of hydrogen-bond donors (Lipinski definition) is 1. The molecule has 2 rings (SSSR count). The van der Waals surface area contributed by atoms with Gasteiger partial charge in [-0.3, -0.25) is 4.90 Å². The number of benzene rings is 1. The molecule has 1 aromatic carbocycles. The minimum atomic E-state index is -4.39. The standard InChI is InChI=1S/C11H11F3N2O/c1-7-2-3-8(11(12,13)14)6-9(7)16-5-4-15-10(16)17/h2-3,6H,4-5H2,1H3,(H,15,17). The van der Waals surface area contributed by atoms with Crippen LogP contribution in [0.15, 0.2) is 18.2 Å². The number of carbonyl (C=O) groups excluding carboxylic acids is 1. The lowest BCUT2D eigenvalue weighted by atomic mass is 10.1. The lowest BCUT2D eigenvalue weighted by Crippen LogP contribution is -2.28. The molecule has 1 N–H and O–H groups in total. The summed E-state index contributed by atoms with van der Waals surface area (Å²) in [4.78, 5) is 12.7. The monoisotopic (exact) mass is 244 g/mol. The number of rotatable bonds is 1. The van der Waals surface area contributed by atoms with Crippen LogP contribution in [0.25, 0.3) is 0 Å². The van der Waals surface area contributed by atoms with E-state index in [-0.39, 0.29) is 6.03 Å². The quantitative estimate of drug-likeness (QED) is 0.809. The third-order valence-corrected chi connectivity index (χ3v) is 2.68. The molecule has 0 radical (unpaired) electrons. The fourth-order valence-corrected chi connectivity index (χ4v) is 1.78. The maximum absolute atomic E-state index is 12.6. The maximum atomic E-state index is 12.6. The maximum Gasteiger partial charge on any atom is 0.416 e.